The number of nitrogens with one attached hydrogen (secondary N) is 1. The number of halogens is 1. The summed E-state index contributed by atoms with van der Waals surface area (Å²) in [7, 11) is 0. The number of unbranched alkanes of at least 4 members (excludes halogenated alkanes) is 1. The van der Waals surface area contributed by atoms with E-state index in [-0.39, 0.29) is 25.0 Å². The number of carbonyl (C=O) groups is 2. The van der Waals surface area contributed by atoms with Crippen LogP contribution in [-0.2, 0) is 20.9 Å². The molecule has 0 unspecified atom stereocenters. The third-order valence-electron chi connectivity index (χ3n) is 4.34. The van der Waals surface area contributed by atoms with Gasteiger partial charge in [0.15, 0.2) is 0 Å². The second-order valence-corrected chi connectivity index (χ2v) is 6.40. The van der Waals surface area contributed by atoms with Crippen LogP contribution >= 0.6 is 12.4 Å². The summed E-state index contributed by atoms with van der Waals surface area (Å²) in [5, 5.41) is 2.69. The first-order chi connectivity index (χ1) is 12.6. The number of esters is 1. The molecule has 3 N–H and O–H groups in total. The average Bonchev–Trinajstić information content (AvgIpc) is 2.67. The van der Waals surface area contributed by atoms with Gasteiger partial charge < -0.3 is 20.5 Å². The van der Waals surface area contributed by atoms with Crippen LogP contribution < -0.4 is 11.1 Å². The van der Waals surface area contributed by atoms with Gasteiger partial charge in [-0.05, 0) is 30.7 Å². The van der Waals surface area contributed by atoms with Crippen molar-refractivity contribution < 1.29 is 19.1 Å². The highest BCUT2D eigenvalue weighted by molar-refractivity contribution is 5.85. The molecule has 1 rings (SSSR count). The van der Waals surface area contributed by atoms with E-state index in [1.807, 2.05) is 30.3 Å². The van der Waals surface area contributed by atoms with Crippen LogP contribution in [0.2, 0.25) is 0 Å². The summed E-state index contributed by atoms with van der Waals surface area (Å²) in [6.45, 7) is 5.34. The standard InChI is InChI=1S/C20H32N2O4.ClH/c1-3-16(4-2)14-25-19(23)18(21)12-8-9-13-22-20(24)26-15-17-10-6-5-7-11-17;/h5-7,10-11,16,18H,3-4,8-9,12-15,21H2,1-2H3,(H,22,24);1H/t18-;/m0./s1. The van der Waals surface area contributed by atoms with Crippen LogP contribution in [0.15, 0.2) is 30.3 Å². The smallest absolute Gasteiger partial charge is 0.407 e. The summed E-state index contributed by atoms with van der Waals surface area (Å²) in [5.41, 5.74) is 6.80. The molecule has 0 spiro atoms. The maximum Gasteiger partial charge on any atom is 0.407 e. The summed E-state index contributed by atoms with van der Waals surface area (Å²) >= 11 is 0. The maximum atomic E-state index is 11.8. The molecular formula is C20H33ClN2O4. The molecule has 0 aliphatic rings. The number of rotatable bonds is 12. The maximum absolute atomic E-state index is 11.8. The summed E-state index contributed by atoms with van der Waals surface area (Å²) in [4.78, 5) is 23.4. The first-order valence-corrected chi connectivity index (χ1v) is 9.43. The SMILES string of the molecule is CCC(CC)COC(=O)[C@@H](N)CCCCNC(=O)OCc1ccccc1.Cl. The van der Waals surface area contributed by atoms with Gasteiger partial charge in [0.25, 0.3) is 0 Å². The number of hydrogen-bond acceptors (Lipinski definition) is 5. The summed E-state index contributed by atoms with van der Waals surface area (Å²) in [5.74, 6) is 0.0596. The Labute approximate surface area is 168 Å². The zero-order valence-electron chi connectivity index (χ0n) is 16.3. The van der Waals surface area contributed by atoms with E-state index in [2.05, 4.69) is 19.2 Å². The minimum atomic E-state index is -0.602. The molecule has 0 aliphatic carbocycles. The van der Waals surface area contributed by atoms with Gasteiger partial charge >= 0.3 is 12.1 Å². The molecule has 27 heavy (non-hydrogen) atoms. The molecule has 1 atom stereocenters. The number of ether oxygens (including phenoxy) is 2. The third kappa shape index (κ3) is 11.5. The molecular weight excluding hydrogens is 368 g/mol. The second-order valence-electron chi connectivity index (χ2n) is 6.40. The van der Waals surface area contributed by atoms with Gasteiger partial charge in [-0.3, -0.25) is 4.79 Å². The van der Waals surface area contributed by atoms with Crippen molar-refractivity contribution in [1.29, 1.82) is 0 Å². The Morgan fingerprint density at radius 2 is 1.74 bits per heavy atom. The van der Waals surface area contributed by atoms with Crippen LogP contribution in [0.1, 0.15) is 51.5 Å². The van der Waals surface area contributed by atoms with E-state index in [1.165, 1.54) is 0 Å². The van der Waals surface area contributed by atoms with Gasteiger partial charge in [0.05, 0.1) is 6.61 Å². The quantitative estimate of drug-likeness (QED) is 0.411. The Bertz CT molecular complexity index is 524. The molecule has 0 saturated heterocycles. The van der Waals surface area contributed by atoms with E-state index in [4.69, 9.17) is 15.2 Å². The van der Waals surface area contributed by atoms with Crippen molar-refractivity contribution >= 4 is 24.5 Å². The normalized spacial score (nSPS) is 11.4. The lowest BCUT2D eigenvalue weighted by Crippen LogP contribution is -2.33. The first-order valence-electron chi connectivity index (χ1n) is 9.43. The molecule has 154 valence electrons. The Morgan fingerprint density at radius 3 is 2.37 bits per heavy atom. The van der Waals surface area contributed by atoms with Gasteiger partial charge in [0.1, 0.15) is 12.6 Å². The Kier molecular flexibility index (Phi) is 14.3. The Hall–Kier alpha value is -1.79. The fraction of sp³-hybridized carbons (Fsp3) is 0.600. The summed E-state index contributed by atoms with van der Waals surface area (Å²) < 4.78 is 10.4. The predicted octanol–water partition coefficient (Wildman–Crippen LogP) is 3.81. The van der Waals surface area contributed by atoms with Crippen LogP contribution in [0.3, 0.4) is 0 Å². The summed E-state index contributed by atoms with van der Waals surface area (Å²) in [6.07, 6.45) is 3.55. The van der Waals surface area contributed by atoms with Crippen molar-refractivity contribution in [3.05, 3.63) is 35.9 Å². The van der Waals surface area contributed by atoms with Gasteiger partial charge in [0.2, 0.25) is 0 Å². The van der Waals surface area contributed by atoms with E-state index < -0.39 is 12.1 Å². The zero-order valence-corrected chi connectivity index (χ0v) is 17.1. The number of benzene rings is 1. The van der Waals surface area contributed by atoms with Crippen LogP contribution in [-0.4, -0.2) is 31.3 Å². The van der Waals surface area contributed by atoms with E-state index >= 15 is 0 Å². The lowest BCUT2D eigenvalue weighted by Gasteiger charge is -2.15. The molecule has 1 aromatic carbocycles. The van der Waals surface area contributed by atoms with Crippen molar-refractivity contribution in [1.82, 2.24) is 5.32 Å². The number of amides is 1. The van der Waals surface area contributed by atoms with Crippen molar-refractivity contribution in [3.8, 4) is 0 Å². The fourth-order valence-corrected chi connectivity index (χ4v) is 2.40. The zero-order chi connectivity index (χ0) is 19.2. The van der Waals surface area contributed by atoms with Crippen molar-refractivity contribution in [2.45, 2.75) is 58.6 Å². The van der Waals surface area contributed by atoms with Crippen molar-refractivity contribution in [2.24, 2.45) is 11.7 Å². The first kappa shape index (κ1) is 25.2. The molecule has 0 bridgehead atoms. The van der Waals surface area contributed by atoms with E-state index in [1.54, 1.807) is 0 Å². The molecule has 0 fully saturated rings. The van der Waals surface area contributed by atoms with Gasteiger partial charge in [-0.2, -0.15) is 0 Å². The average molecular weight is 401 g/mol. The van der Waals surface area contributed by atoms with Gasteiger partial charge in [-0.15, -0.1) is 12.4 Å². The lowest BCUT2D eigenvalue weighted by atomic mass is 10.1. The summed E-state index contributed by atoms with van der Waals surface area (Å²) in [6, 6.07) is 8.91. The lowest BCUT2D eigenvalue weighted by molar-refractivity contribution is -0.146. The highest BCUT2D eigenvalue weighted by atomic mass is 35.5. The number of hydrogen-bond donors (Lipinski definition) is 2. The molecule has 7 heteroatoms. The molecule has 1 aromatic rings. The van der Waals surface area contributed by atoms with Crippen molar-refractivity contribution in [3.63, 3.8) is 0 Å². The van der Waals surface area contributed by atoms with E-state index in [0.29, 0.717) is 25.5 Å². The van der Waals surface area contributed by atoms with Crippen LogP contribution in [0.4, 0.5) is 4.79 Å². The van der Waals surface area contributed by atoms with E-state index in [9.17, 15) is 9.59 Å². The minimum absolute atomic E-state index is 0. The highest BCUT2D eigenvalue weighted by Crippen LogP contribution is 2.09. The third-order valence-corrected chi connectivity index (χ3v) is 4.34. The van der Waals surface area contributed by atoms with Gasteiger partial charge in [-0.1, -0.05) is 57.0 Å². The van der Waals surface area contributed by atoms with Crippen LogP contribution in [0, 0.1) is 5.92 Å². The number of nitrogens with two attached hydrogens (primary N) is 1. The number of carbonyl (C=O) groups excluding carboxylic acids is 2. The molecule has 0 aromatic heterocycles. The highest BCUT2D eigenvalue weighted by Gasteiger charge is 2.16. The van der Waals surface area contributed by atoms with E-state index in [0.717, 1.165) is 31.2 Å². The molecule has 6 nitrogen and oxygen atoms in total. The topological polar surface area (TPSA) is 90.6 Å². The minimum Gasteiger partial charge on any atom is -0.464 e. The largest absolute Gasteiger partial charge is 0.464 e. The monoisotopic (exact) mass is 400 g/mol. The predicted molar refractivity (Wildman–Crippen MR) is 109 cm³/mol. The van der Waals surface area contributed by atoms with Gasteiger partial charge in [0, 0.05) is 6.54 Å². The molecule has 0 heterocycles. The molecule has 0 radical (unpaired) electrons. The fourth-order valence-electron chi connectivity index (χ4n) is 2.40. The van der Waals surface area contributed by atoms with Gasteiger partial charge in [-0.25, -0.2) is 4.79 Å². The van der Waals surface area contributed by atoms with Crippen LogP contribution in [0.5, 0.6) is 0 Å². The molecule has 0 saturated carbocycles. The molecule has 1 amide bonds. The second kappa shape index (κ2) is 15.3. The Balaban J connectivity index is 0.00000676. The van der Waals surface area contributed by atoms with Crippen LogP contribution in [0.25, 0.3) is 0 Å². The van der Waals surface area contributed by atoms with Crippen molar-refractivity contribution in [2.75, 3.05) is 13.2 Å². The Morgan fingerprint density at radius 1 is 1.07 bits per heavy atom. The number of alkyl carbamates (subject to hydrolysis) is 1. The molecule has 0 aliphatic heterocycles.